The molecule has 3 aromatic carbocycles. The van der Waals surface area contributed by atoms with E-state index in [1.54, 1.807) is 24.3 Å². The number of nitrogens with zero attached hydrogens (tertiary/aromatic N) is 4. The molecule has 31 heavy (non-hydrogen) atoms. The van der Waals surface area contributed by atoms with Crippen LogP contribution in [0.15, 0.2) is 72.8 Å². The van der Waals surface area contributed by atoms with Crippen molar-refractivity contribution in [2.45, 2.75) is 0 Å². The highest BCUT2D eigenvalue weighted by Gasteiger charge is 2.17. The van der Waals surface area contributed by atoms with Gasteiger partial charge in [-0.05, 0) is 30.3 Å². The smallest absolute Gasteiger partial charge is 0.269 e. The van der Waals surface area contributed by atoms with Crippen molar-refractivity contribution < 1.29 is 9.85 Å². The molecule has 0 bridgehead atoms. The van der Waals surface area contributed by atoms with Crippen LogP contribution in [0.2, 0.25) is 0 Å². The molecule has 0 atom stereocenters. The van der Waals surface area contributed by atoms with E-state index < -0.39 is 9.85 Å². The molecule has 9 heteroatoms. The number of hydrogen-bond acceptors (Lipinski definition) is 6. The lowest BCUT2D eigenvalue weighted by atomic mass is 10.1. The molecule has 5 aromatic rings. The first-order valence-electron chi connectivity index (χ1n) is 9.29. The maximum Gasteiger partial charge on any atom is 0.269 e. The molecule has 150 valence electrons. The van der Waals surface area contributed by atoms with E-state index in [0.717, 1.165) is 16.3 Å². The minimum atomic E-state index is -0.464. The Kier molecular flexibility index (Phi) is 4.14. The van der Waals surface area contributed by atoms with Gasteiger partial charge in [0.05, 0.1) is 20.9 Å². The topological polar surface area (TPSA) is 128 Å². The van der Waals surface area contributed by atoms with E-state index in [1.165, 1.54) is 24.3 Å². The Morgan fingerprint density at radius 2 is 1.29 bits per heavy atom. The first kappa shape index (κ1) is 18.4. The lowest BCUT2D eigenvalue weighted by Gasteiger charge is -2.07. The number of nitro groups is 2. The third-order valence-electron chi connectivity index (χ3n) is 5.05. The molecule has 0 aliphatic heterocycles. The van der Waals surface area contributed by atoms with Crippen molar-refractivity contribution in [3.8, 4) is 22.6 Å². The second-order valence-corrected chi connectivity index (χ2v) is 6.90. The number of nitro benzene ring substituents is 2. The Balaban J connectivity index is 1.76. The minimum absolute atomic E-state index is 0.0106. The third-order valence-corrected chi connectivity index (χ3v) is 5.05. The maximum absolute atomic E-state index is 11.0. The Morgan fingerprint density at radius 1 is 0.710 bits per heavy atom. The predicted octanol–water partition coefficient (Wildman–Crippen LogP) is 5.26. The Bertz CT molecular complexity index is 1470. The van der Waals surface area contributed by atoms with Crippen LogP contribution in [0.4, 0.5) is 11.4 Å². The molecule has 2 aromatic heterocycles. The summed E-state index contributed by atoms with van der Waals surface area (Å²) in [5, 5.41) is 23.7. The van der Waals surface area contributed by atoms with Crippen LogP contribution in [0.5, 0.6) is 0 Å². The predicted molar refractivity (Wildman–Crippen MR) is 116 cm³/mol. The second-order valence-electron chi connectivity index (χ2n) is 6.90. The van der Waals surface area contributed by atoms with Gasteiger partial charge in [-0.3, -0.25) is 20.2 Å². The van der Waals surface area contributed by atoms with E-state index in [1.807, 2.05) is 24.3 Å². The summed E-state index contributed by atoms with van der Waals surface area (Å²) < 4.78 is 0. The van der Waals surface area contributed by atoms with Gasteiger partial charge in [-0.1, -0.05) is 18.2 Å². The van der Waals surface area contributed by atoms with Gasteiger partial charge in [0, 0.05) is 46.3 Å². The maximum atomic E-state index is 11.0. The Labute approximate surface area is 174 Å². The van der Waals surface area contributed by atoms with Crippen molar-refractivity contribution in [1.29, 1.82) is 0 Å². The van der Waals surface area contributed by atoms with Gasteiger partial charge < -0.3 is 4.98 Å². The van der Waals surface area contributed by atoms with Gasteiger partial charge in [0.2, 0.25) is 0 Å². The van der Waals surface area contributed by atoms with Gasteiger partial charge in [-0.2, -0.15) is 0 Å². The Morgan fingerprint density at radius 3 is 1.90 bits per heavy atom. The highest BCUT2D eigenvalue weighted by molar-refractivity contribution is 6.12. The van der Waals surface area contributed by atoms with Gasteiger partial charge in [-0.15, -0.1) is 0 Å². The largest absolute Gasteiger partial charge is 0.339 e. The monoisotopic (exact) mass is 411 g/mol. The number of rotatable bonds is 4. The van der Waals surface area contributed by atoms with Crippen LogP contribution >= 0.6 is 0 Å². The fourth-order valence-corrected chi connectivity index (χ4v) is 3.56. The highest BCUT2D eigenvalue weighted by atomic mass is 16.6. The molecule has 2 heterocycles. The van der Waals surface area contributed by atoms with E-state index in [4.69, 9.17) is 4.98 Å². The zero-order chi connectivity index (χ0) is 21.5. The van der Waals surface area contributed by atoms with E-state index in [0.29, 0.717) is 28.3 Å². The van der Waals surface area contributed by atoms with Crippen LogP contribution < -0.4 is 0 Å². The van der Waals surface area contributed by atoms with E-state index >= 15 is 0 Å². The van der Waals surface area contributed by atoms with Gasteiger partial charge in [0.1, 0.15) is 5.65 Å². The fourth-order valence-electron chi connectivity index (χ4n) is 3.56. The third kappa shape index (κ3) is 3.14. The van der Waals surface area contributed by atoms with E-state index in [-0.39, 0.29) is 11.4 Å². The van der Waals surface area contributed by atoms with Gasteiger partial charge in [0.25, 0.3) is 11.4 Å². The summed E-state index contributed by atoms with van der Waals surface area (Å²) in [5.74, 6) is 0.391. The van der Waals surface area contributed by atoms with E-state index in [9.17, 15) is 20.2 Å². The van der Waals surface area contributed by atoms with Crippen LogP contribution in [0.1, 0.15) is 0 Å². The molecule has 9 nitrogen and oxygen atoms in total. The number of nitrogens with one attached hydrogen (secondary N) is 1. The summed E-state index contributed by atoms with van der Waals surface area (Å²) in [5.41, 5.74) is 3.40. The van der Waals surface area contributed by atoms with Crippen molar-refractivity contribution in [3.05, 3.63) is 93.0 Å². The first-order chi connectivity index (χ1) is 15.0. The molecule has 0 spiro atoms. The molecule has 0 radical (unpaired) electrons. The molecular formula is C22H13N5O4. The summed E-state index contributed by atoms with van der Waals surface area (Å²) in [6.07, 6.45) is 0. The van der Waals surface area contributed by atoms with Crippen molar-refractivity contribution in [2.75, 3.05) is 0 Å². The molecule has 0 fully saturated rings. The number of hydrogen-bond donors (Lipinski definition) is 1. The van der Waals surface area contributed by atoms with Gasteiger partial charge in [-0.25, -0.2) is 9.97 Å². The van der Waals surface area contributed by atoms with Crippen molar-refractivity contribution in [1.82, 2.24) is 15.0 Å². The number of benzene rings is 3. The summed E-state index contributed by atoms with van der Waals surface area (Å²) >= 11 is 0. The minimum Gasteiger partial charge on any atom is -0.339 e. The SMILES string of the molecule is O=[N+]([O-])c1ccc(-c2nc(-c3ccc([N+](=O)[O-])cc3)c3c(n2)[nH]c2ccccc23)cc1. The summed E-state index contributed by atoms with van der Waals surface area (Å²) in [7, 11) is 0. The molecule has 0 aliphatic carbocycles. The van der Waals surface area contributed by atoms with Gasteiger partial charge >= 0.3 is 0 Å². The van der Waals surface area contributed by atoms with Crippen molar-refractivity contribution in [2.24, 2.45) is 0 Å². The first-order valence-corrected chi connectivity index (χ1v) is 9.29. The standard InChI is InChI=1S/C22H13N5O4/c28-26(29)15-9-5-13(6-10-15)20-19-17-3-1-2-4-18(17)23-22(19)25-21(24-20)14-7-11-16(12-8-14)27(30)31/h1-12H,(H,23,24,25). The molecule has 0 amide bonds. The number of H-pyrrole nitrogens is 1. The highest BCUT2D eigenvalue weighted by Crippen LogP contribution is 2.35. The van der Waals surface area contributed by atoms with E-state index in [2.05, 4.69) is 9.97 Å². The Hall–Kier alpha value is -4.66. The number of aromatic amines is 1. The summed E-state index contributed by atoms with van der Waals surface area (Å²) in [4.78, 5) is 33.8. The van der Waals surface area contributed by atoms with Gasteiger partial charge in [0.15, 0.2) is 5.82 Å². The average Bonchev–Trinajstić information content (AvgIpc) is 3.17. The van der Waals surface area contributed by atoms with Crippen LogP contribution in [0.25, 0.3) is 44.6 Å². The average molecular weight is 411 g/mol. The van der Waals surface area contributed by atoms with Crippen LogP contribution in [-0.4, -0.2) is 24.8 Å². The van der Waals surface area contributed by atoms with Crippen molar-refractivity contribution >= 4 is 33.3 Å². The lowest BCUT2D eigenvalue weighted by Crippen LogP contribution is -1.95. The van der Waals surface area contributed by atoms with Crippen LogP contribution in [0, 0.1) is 20.2 Å². The zero-order valence-corrected chi connectivity index (χ0v) is 15.9. The normalized spacial score (nSPS) is 11.1. The quantitative estimate of drug-likeness (QED) is 0.317. The summed E-state index contributed by atoms with van der Waals surface area (Å²) in [6.45, 7) is 0. The molecule has 5 rings (SSSR count). The molecular weight excluding hydrogens is 398 g/mol. The van der Waals surface area contributed by atoms with Crippen molar-refractivity contribution in [3.63, 3.8) is 0 Å². The fraction of sp³-hybridized carbons (Fsp3) is 0. The summed E-state index contributed by atoms with van der Waals surface area (Å²) in [6, 6.07) is 19.9. The number of non-ortho nitro benzene ring substituents is 2. The number of para-hydroxylation sites is 1. The zero-order valence-electron chi connectivity index (χ0n) is 15.9. The van der Waals surface area contributed by atoms with Crippen LogP contribution in [0.3, 0.4) is 0 Å². The molecule has 0 unspecified atom stereocenters. The lowest BCUT2D eigenvalue weighted by molar-refractivity contribution is -0.385. The van der Waals surface area contributed by atoms with Crippen LogP contribution in [-0.2, 0) is 0 Å². The number of fused-ring (bicyclic) bond motifs is 3. The molecule has 0 saturated carbocycles. The molecule has 0 saturated heterocycles. The molecule has 0 aliphatic rings. The second kappa shape index (κ2) is 6.99. The number of aromatic nitrogens is 3. The molecule has 1 N–H and O–H groups in total.